The van der Waals surface area contributed by atoms with Crippen LogP contribution in [0.25, 0.3) is 0 Å². The molecule has 1 saturated heterocycles. The van der Waals surface area contributed by atoms with Crippen molar-refractivity contribution in [1.82, 2.24) is 10.2 Å². The first-order valence-corrected chi connectivity index (χ1v) is 9.61. The quantitative estimate of drug-likeness (QED) is 0.272. The van der Waals surface area contributed by atoms with Gasteiger partial charge in [-0.3, -0.25) is 4.99 Å². The zero-order valence-corrected chi connectivity index (χ0v) is 17.2. The van der Waals surface area contributed by atoms with Crippen LogP contribution in [0.3, 0.4) is 0 Å². The maximum atomic E-state index is 5.67. The Morgan fingerprint density at radius 2 is 2.18 bits per heavy atom. The van der Waals surface area contributed by atoms with Crippen molar-refractivity contribution in [2.24, 2.45) is 10.9 Å². The van der Waals surface area contributed by atoms with Crippen molar-refractivity contribution >= 4 is 41.7 Å². The molecule has 1 aliphatic heterocycles. The molecule has 0 radical (unpaired) electrons. The molecule has 1 aliphatic carbocycles. The Labute approximate surface area is 157 Å². The Bertz CT molecular complexity index is 327. The highest BCUT2D eigenvalue weighted by Gasteiger charge is 2.22. The highest BCUT2D eigenvalue weighted by molar-refractivity contribution is 14.0. The summed E-state index contributed by atoms with van der Waals surface area (Å²) in [6, 6.07) is 0. The minimum absolute atomic E-state index is 0. The van der Waals surface area contributed by atoms with E-state index in [9.17, 15) is 0 Å². The summed E-state index contributed by atoms with van der Waals surface area (Å²) in [6.07, 6.45) is 5.01. The van der Waals surface area contributed by atoms with Crippen LogP contribution in [0.15, 0.2) is 4.99 Å². The minimum atomic E-state index is 0. The predicted molar refractivity (Wildman–Crippen MR) is 108 cm³/mol. The van der Waals surface area contributed by atoms with Crippen molar-refractivity contribution in [3.8, 4) is 0 Å². The van der Waals surface area contributed by atoms with Crippen LogP contribution >= 0.6 is 35.7 Å². The number of nitrogens with one attached hydrogen (secondary N) is 1. The molecule has 22 heavy (non-hydrogen) atoms. The smallest absolute Gasteiger partial charge is 0.193 e. The first-order valence-electron chi connectivity index (χ1n) is 8.56. The third kappa shape index (κ3) is 7.73. The number of halogens is 1. The number of hydrogen-bond acceptors (Lipinski definition) is 3. The summed E-state index contributed by atoms with van der Waals surface area (Å²) < 4.78 is 5.67. The lowest BCUT2D eigenvalue weighted by atomic mass is 10.3. The van der Waals surface area contributed by atoms with Crippen molar-refractivity contribution in [3.05, 3.63) is 0 Å². The van der Waals surface area contributed by atoms with Crippen LogP contribution in [0, 0.1) is 5.92 Å². The van der Waals surface area contributed by atoms with E-state index in [1.165, 1.54) is 25.0 Å². The second-order valence-electron chi connectivity index (χ2n) is 5.95. The number of thioether (sulfide) groups is 1. The summed E-state index contributed by atoms with van der Waals surface area (Å²) >= 11 is 2.10. The summed E-state index contributed by atoms with van der Waals surface area (Å²) in [7, 11) is 0. The van der Waals surface area contributed by atoms with E-state index < -0.39 is 0 Å². The molecule has 0 bridgehead atoms. The molecule has 1 N–H and O–H groups in total. The van der Waals surface area contributed by atoms with Gasteiger partial charge in [0.15, 0.2) is 5.96 Å². The van der Waals surface area contributed by atoms with Crippen LogP contribution in [-0.4, -0.2) is 61.3 Å². The summed E-state index contributed by atoms with van der Waals surface area (Å²) in [6.45, 7) is 10.3. The van der Waals surface area contributed by atoms with Gasteiger partial charge in [-0.1, -0.05) is 6.92 Å². The first kappa shape index (κ1) is 20.4. The normalized spacial score (nSPS) is 22.4. The van der Waals surface area contributed by atoms with Crippen molar-refractivity contribution in [1.29, 1.82) is 0 Å². The van der Waals surface area contributed by atoms with Gasteiger partial charge in [-0.15, -0.1) is 24.0 Å². The van der Waals surface area contributed by atoms with Gasteiger partial charge in [0.05, 0.1) is 0 Å². The second-order valence-corrected chi connectivity index (χ2v) is 7.36. The zero-order valence-electron chi connectivity index (χ0n) is 14.1. The first-order chi connectivity index (χ1) is 10.3. The summed E-state index contributed by atoms with van der Waals surface area (Å²) in [5.41, 5.74) is 0. The van der Waals surface area contributed by atoms with Gasteiger partial charge in [-0.2, -0.15) is 11.8 Å². The fraction of sp³-hybridized carbons (Fsp3) is 0.938. The molecule has 0 aromatic rings. The van der Waals surface area contributed by atoms with Gasteiger partial charge in [-0.25, -0.2) is 0 Å². The third-order valence-electron chi connectivity index (χ3n) is 3.99. The Morgan fingerprint density at radius 3 is 2.86 bits per heavy atom. The molecule has 2 aliphatic rings. The lowest BCUT2D eigenvalue weighted by molar-refractivity contribution is 0.123. The van der Waals surface area contributed by atoms with E-state index in [1.807, 2.05) is 0 Å². The molecule has 0 aromatic heterocycles. The predicted octanol–water partition coefficient (Wildman–Crippen LogP) is 3.21. The van der Waals surface area contributed by atoms with Crippen LogP contribution in [0.4, 0.5) is 0 Å². The molecular formula is C16H32IN3OS. The highest BCUT2D eigenvalue weighted by Crippen LogP contribution is 2.28. The van der Waals surface area contributed by atoms with Crippen molar-refractivity contribution in [2.45, 2.75) is 44.8 Å². The Hall–Kier alpha value is 0.310. The average molecular weight is 441 g/mol. The van der Waals surface area contributed by atoms with Gasteiger partial charge < -0.3 is 15.0 Å². The Balaban J connectivity index is 0.00000242. The van der Waals surface area contributed by atoms with Gasteiger partial charge >= 0.3 is 0 Å². The van der Waals surface area contributed by atoms with E-state index in [1.54, 1.807) is 0 Å². The molecule has 2 fully saturated rings. The maximum absolute atomic E-state index is 5.67. The maximum Gasteiger partial charge on any atom is 0.193 e. The van der Waals surface area contributed by atoms with Gasteiger partial charge in [0.1, 0.15) is 0 Å². The molecule has 1 saturated carbocycles. The average Bonchev–Trinajstić information content (AvgIpc) is 3.34. The SMILES string of the molecule is CCNC(=NCCCOCC1CC1)N1CCSC(CC)C1.I. The van der Waals surface area contributed by atoms with Crippen molar-refractivity contribution in [2.75, 3.05) is 45.1 Å². The minimum Gasteiger partial charge on any atom is -0.381 e. The molecule has 4 nitrogen and oxygen atoms in total. The summed E-state index contributed by atoms with van der Waals surface area (Å²) in [4.78, 5) is 7.21. The fourth-order valence-corrected chi connectivity index (χ4v) is 3.65. The van der Waals surface area contributed by atoms with Crippen LogP contribution < -0.4 is 5.32 Å². The molecule has 1 heterocycles. The number of guanidine groups is 1. The van der Waals surface area contributed by atoms with Crippen molar-refractivity contribution in [3.63, 3.8) is 0 Å². The molecule has 0 aromatic carbocycles. The standard InChI is InChI=1S/C16H31N3OS.HI/c1-3-15-12-19(9-11-21-15)16(17-4-2)18-8-5-10-20-13-14-6-7-14;/h14-15H,3-13H2,1-2H3,(H,17,18);1H. The summed E-state index contributed by atoms with van der Waals surface area (Å²) in [5, 5.41) is 4.20. The number of rotatable bonds is 8. The number of nitrogens with zero attached hydrogens (tertiary/aromatic N) is 2. The Morgan fingerprint density at radius 1 is 1.36 bits per heavy atom. The van der Waals surface area contributed by atoms with Crippen LogP contribution in [0.5, 0.6) is 0 Å². The van der Waals surface area contributed by atoms with Crippen LogP contribution in [0.2, 0.25) is 0 Å². The molecule has 130 valence electrons. The number of aliphatic imine (C=N–C) groups is 1. The second kappa shape index (κ2) is 11.8. The number of hydrogen-bond donors (Lipinski definition) is 1. The lowest BCUT2D eigenvalue weighted by Crippen LogP contribution is -2.48. The van der Waals surface area contributed by atoms with Gasteiger partial charge in [0.25, 0.3) is 0 Å². The van der Waals surface area contributed by atoms with E-state index in [-0.39, 0.29) is 24.0 Å². The van der Waals surface area contributed by atoms with E-state index in [2.05, 4.69) is 35.8 Å². The van der Waals surface area contributed by atoms with E-state index in [4.69, 9.17) is 9.73 Å². The molecular weight excluding hydrogens is 409 g/mol. The van der Waals surface area contributed by atoms with Crippen molar-refractivity contribution < 1.29 is 4.74 Å². The molecule has 2 rings (SSSR count). The van der Waals surface area contributed by atoms with Gasteiger partial charge in [0.2, 0.25) is 0 Å². The van der Waals surface area contributed by atoms with Crippen LogP contribution in [0.1, 0.15) is 39.5 Å². The largest absolute Gasteiger partial charge is 0.381 e. The van der Waals surface area contributed by atoms with Gasteiger partial charge in [0, 0.05) is 50.4 Å². The molecule has 0 spiro atoms. The van der Waals surface area contributed by atoms with E-state index >= 15 is 0 Å². The molecule has 1 unspecified atom stereocenters. The molecule has 6 heteroatoms. The monoisotopic (exact) mass is 441 g/mol. The third-order valence-corrected chi connectivity index (χ3v) is 5.36. The lowest BCUT2D eigenvalue weighted by Gasteiger charge is -2.34. The van der Waals surface area contributed by atoms with E-state index in [0.717, 1.165) is 62.9 Å². The topological polar surface area (TPSA) is 36.9 Å². The van der Waals surface area contributed by atoms with E-state index in [0.29, 0.717) is 0 Å². The number of ether oxygens (including phenoxy) is 1. The fourth-order valence-electron chi connectivity index (χ4n) is 2.47. The zero-order chi connectivity index (χ0) is 14.9. The summed E-state index contributed by atoms with van der Waals surface area (Å²) in [5.74, 6) is 3.18. The highest BCUT2D eigenvalue weighted by atomic mass is 127. The molecule has 0 amide bonds. The van der Waals surface area contributed by atoms with Crippen LogP contribution in [-0.2, 0) is 4.74 Å². The van der Waals surface area contributed by atoms with Gasteiger partial charge in [-0.05, 0) is 38.5 Å². The molecule has 1 atom stereocenters. The Kier molecular flexibility index (Phi) is 10.9.